The summed E-state index contributed by atoms with van der Waals surface area (Å²) in [5, 5.41) is 0.473. The first-order valence-corrected chi connectivity index (χ1v) is 8.43. The second-order valence-electron chi connectivity index (χ2n) is 6.83. The molecular formula is C18H20ClN3O5. The van der Waals surface area contributed by atoms with Gasteiger partial charge < -0.3 is 14.4 Å². The van der Waals surface area contributed by atoms with Crippen LogP contribution in [0.1, 0.15) is 0 Å². The Labute approximate surface area is 161 Å². The zero-order valence-electron chi connectivity index (χ0n) is 14.8. The van der Waals surface area contributed by atoms with Gasteiger partial charge >= 0.3 is 5.97 Å². The fourth-order valence-electron chi connectivity index (χ4n) is 3.88. The number of nitrogens with zero attached hydrogens (tertiary/aromatic N) is 3. The van der Waals surface area contributed by atoms with E-state index in [1.54, 1.807) is 23.1 Å². The second kappa shape index (κ2) is 7.28. The molecule has 0 aliphatic carbocycles. The van der Waals surface area contributed by atoms with Gasteiger partial charge in [-0.1, -0.05) is 12.1 Å². The molecule has 0 radical (unpaired) electrons. The summed E-state index contributed by atoms with van der Waals surface area (Å²) in [7, 11) is 1.34. The van der Waals surface area contributed by atoms with Gasteiger partial charge in [0.15, 0.2) is 0 Å². The van der Waals surface area contributed by atoms with E-state index in [1.165, 1.54) is 18.0 Å². The molecule has 27 heavy (non-hydrogen) atoms. The van der Waals surface area contributed by atoms with Gasteiger partial charge in [-0.25, -0.2) is 4.98 Å². The number of para-hydroxylation sites is 1. The van der Waals surface area contributed by atoms with Crippen molar-refractivity contribution in [1.29, 1.82) is 0 Å². The molecule has 9 heteroatoms. The predicted molar refractivity (Wildman–Crippen MR) is 98.6 cm³/mol. The number of ether oxygens (including phenoxy) is 2. The molecular weight excluding hydrogens is 374 g/mol. The Morgan fingerprint density at radius 2 is 2.15 bits per heavy atom. The van der Waals surface area contributed by atoms with Crippen LogP contribution in [0.25, 0.3) is 10.9 Å². The number of aromatic nitrogens is 2. The minimum Gasteiger partial charge on any atom is -0.468 e. The number of hydrogen-bond acceptors (Lipinski definition) is 6. The summed E-state index contributed by atoms with van der Waals surface area (Å²) in [6.45, 7) is 1.24. The van der Waals surface area contributed by atoms with E-state index in [9.17, 15) is 14.4 Å². The van der Waals surface area contributed by atoms with E-state index in [4.69, 9.17) is 9.47 Å². The molecule has 2 aromatic rings. The van der Waals surface area contributed by atoms with E-state index < -0.39 is 5.41 Å². The van der Waals surface area contributed by atoms with Crippen molar-refractivity contribution in [3.05, 3.63) is 40.9 Å². The lowest BCUT2D eigenvalue weighted by atomic mass is 9.81. The van der Waals surface area contributed by atoms with Crippen molar-refractivity contribution in [3.8, 4) is 0 Å². The lowest BCUT2D eigenvalue weighted by Crippen LogP contribution is -2.42. The lowest BCUT2D eigenvalue weighted by Gasteiger charge is -2.24. The van der Waals surface area contributed by atoms with Crippen molar-refractivity contribution < 1.29 is 19.1 Å². The number of likely N-dealkylation sites (tertiary alicyclic amines) is 1. The van der Waals surface area contributed by atoms with Crippen molar-refractivity contribution in [3.63, 3.8) is 0 Å². The quantitative estimate of drug-likeness (QED) is 0.704. The van der Waals surface area contributed by atoms with Crippen LogP contribution in [0.15, 0.2) is 35.4 Å². The van der Waals surface area contributed by atoms with E-state index in [2.05, 4.69) is 4.98 Å². The highest BCUT2D eigenvalue weighted by molar-refractivity contribution is 5.85. The molecule has 2 atom stereocenters. The van der Waals surface area contributed by atoms with E-state index in [-0.39, 0.29) is 55.5 Å². The van der Waals surface area contributed by atoms with Crippen LogP contribution >= 0.6 is 12.4 Å². The minimum absolute atomic E-state index is 0. The number of methoxy groups -OCH3 is 1. The van der Waals surface area contributed by atoms with Crippen molar-refractivity contribution in [2.75, 3.05) is 33.4 Å². The summed E-state index contributed by atoms with van der Waals surface area (Å²) >= 11 is 0. The summed E-state index contributed by atoms with van der Waals surface area (Å²) in [4.78, 5) is 43.4. The molecule has 0 unspecified atom stereocenters. The SMILES string of the molecule is COC(=O)[C@@]12COC[C@@H]1CN(C(=O)Cn1cnc3ccccc3c1=O)C2.Cl. The van der Waals surface area contributed by atoms with Gasteiger partial charge in [-0.2, -0.15) is 0 Å². The number of amides is 1. The lowest BCUT2D eigenvalue weighted by molar-refractivity contribution is -0.153. The third-order valence-electron chi connectivity index (χ3n) is 5.36. The van der Waals surface area contributed by atoms with Crippen LogP contribution in [-0.4, -0.2) is 59.7 Å². The highest BCUT2D eigenvalue weighted by Crippen LogP contribution is 2.42. The van der Waals surface area contributed by atoms with Crippen LogP contribution in [0.5, 0.6) is 0 Å². The first-order chi connectivity index (χ1) is 12.5. The molecule has 144 valence electrons. The number of carbonyl (C=O) groups is 2. The van der Waals surface area contributed by atoms with Gasteiger partial charge in [-0.05, 0) is 12.1 Å². The second-order valence-corrected chi connectivity index (χ2v) is 6.83. The van der Waals surface area contributed by atoms with Crippen molar-refractivity contribution in [2.45, 2.75) is 6.54 Å². The molecule has 2 aliphatic heterocycles. The first kappa shape index (κ1) is 19.3. The Balaban J connectivity index is 0.00000210. The van der Waals surface area contributed by atoms with E-state index in [0.29, 0.717) is 24.1 Å². The van der Waals surface area contributed by atoms with Crippen molar-refractivity contribution in [2.24, 2.45) is 11.3 Å². The monoisotopic (exact) mass is 393 g/mol. The maximum atomic E-state index is 12.7. The predicted octanol–water partition coefficient (Wildman–Crippen LogP) is 0.466. The average Bonchev–Trinajstić information content (AvgIpc) is 3.22. The summed E-state index contributed by atoms with van der Waals surface area (Å²) in [6.07, 6.45) is 1.39. The number of hydrogen-bond donors (Lipinski definition) is 0. The Bertz CT molecular complexity index is 946. The molecule has 2 fully saturated rings. The molecule has 3 heterocycles. The van der Waals surface area contributed by atoms with Gasteiger partial charge in [0.1, 0.15) is 12.0 Å². The molecule has 2 saturated heterocycles. The molecule has 1 aromatic heterocycles. The van der Waals surface area contributed by atoms with Crippen LogP contribution < -0.4 is 5.56 Å². The van der Waals surface area contributed by atoms with Gasteiger partial charge in [-0.3, -0.25) is 19.0 Å². The minimum atomic E-state index is -0.795. The summed E-state index contributed by atoms with van der Waals surface area (Å²) in [5.74, 6) is -0.646. The van der Waals surface area contributed by atoms with Gasteiger partial charge in [-0.15, -0.1) is 12.4 Å². The molecule has 0 bridgehead atoms. The Morgan fingerprint density at radius 3 is 2.93 bits per heavy atom. The highest BCUT2D eigenvalue weighted by atomic mass is 35.5. The molecule has 0 N–H and O–H groups in total. The van der Waals surface area contributed by atoms with Crippen LogP contribution in [0.4, 0.5) is 0 Å². The summed E-state index contributed by atoms with van der Waals surface area (Å²) in [6, 6.07) is 7.01. The maximum absolute atomic E-state index is 12.7. The van der Waals surface area contributed by atoms with E-state index in [0.717, 1.165) is 0 Å². The topological polar surface area (TPSA) is 90.7 Å². The molecule has 0 saturated carbocycles. The van der Waals surface area contributed by atoms with Crippen LogP contribution in [0, 0.1) is 11.3 Å². The molecule has 8 nitrogen and oxygen atoms in total. The van der Waals surface area contributed by atoms with E-state index in [1.807, 2.05) is 6.07 Å². The van der Waals surface area contributed by atoms with E-state index >= 15 is 0 Å². The summed E-state index contributed by atoms with van der Waals surface area (Å²) < 4.78 is 11.7. The zero-order valence-corrected chi connectivity index (χ0v) is 15.6. The number of carbonyl (C=O) groups excluding carboxylic acids is 2. The third-order valence-corrected chi connectivity index (χ3v) is 5.36. The smallest absolute Gasteiger partial charge is 0.316 e. The molecule has 0 spiro atoms. The normalized spacial score (nSPS) is 23.7. The molecule has 1 aromatic carbocycles. The largest absolute Gasteiger partial charge is 0.468 e. The Morgan fingerprint density at radius 1 is 1.37 bits per heavy atom. The van der Waals surface area contributed by atoms with Crippen LogP contribution in [0.2, 0.25) is 0 Å². The van der Waals surface area contributed by atoms with Crippen LogP contribution in [0.3, 0.4) is 0 Å². The zero-order chi connectivity index (χ0) is 18.3. The number of halogens is 1. The first-order valence-electron chi connectivity index (χ1n) is 8.43. The molecule has 4 rings (SSSR count). The Hall–Kier alpha value is -2.45. The van der Waals surface area contributed by atoms with Gasteiger partial charge in [0, 0.05) is 19.0 Å². The number of rotatable bonds is 3. The van der Waals surface area contributed by atoms with Gasteiger partial charge in [0.05, 0.1) is 37.6 Å². The molecule has 2 aliphatic rings. The standard InChI is InChI=1S/C18H19N3O5.ClH/c1-25-17(24)18-9-20(6-12(18)8-26-10-18)15(22)7-21-11-19-14-5-3-2-4-13(14)16(21)23;/h2-5,11-12H,6-10H2,1H3;1H/t12-,18-;/m0./s1. The van der Waals surface area contributed by atoms with Crippen molar-refractivity contribution in [1.82, 2.24) is 14.5 Å². The maximum Gasteiger partial charge on any atom is 0.316 e. The Kier molecular flexibility index (Phi) is 5.21. The fourth-order valence-corrected chi connectivity index (χ4v) is 3.88. The number of benzene rings is 1. The van der Waals surface area contributed by atoms with Crippen molar-refractivity contribution >= 4 is 35.2 Å². The average molecular weight is 394 g/mol. The fraction of sp³-hybridized carbons (Fsp3) is 0.444. The highest BCUT2D eigenvalue weighted by Gasteiger charge is 2.57. The third kappa shape index (κ3) is 3.08. The van der Waals surface area contributed by atoms with Gasteiger partial charge in [0.2, 0.25) is 5.91 Å². The van der Waals surface area contributed by atoms with Gasteiger partial charge in [0.25, 0.3) is 5.56 Å². The summed E-state index contributed by atoms with van der Waals surface area (Å²) in [5.41, 5.74) is -0.454. The number of fused-ring (bicyclic) bond motifs is 2. The number of esters is 1. The van der Waals surface area contributed by atoms with Crippen LogP contribution in [-0.2, 0) is 25.6 Å². The molecule has 1 amide bonds.